The van der Waals surface area contributed by atoms with Crippen LogP contribution in [0.2, 0.25) is 5.04 Å². The molecule has 0 aromatic heterocycles. The zero-order chi connectivity index (χ0) is 29.5. The molecule has 0 bridgehead atoms. The monoisotopic (exact) mass is 556 g/mol. The van der Waals surface area contributed by atoms with E-state index >= 15 is 0 Å². The summed E-state index contributed by atoms with van der Waals surface area (Å²) in [5, 5.41) is 7.09. The minimum Gasteiger partial charge on any atom is -0.444 e. The lowest BCUT2D eigenvalue weighted by atomic mass is 10.1. The van der Waals surface area contributed by atoms with E-state index in [1.807, 2.05) is 36.4 Å². The van der Waals surface area contributed by atoms with Crippen LogP contribution in [-0.4, -0.2) is 56.7 Å². The van der Waals surface area contributed by atoms with E-state index in [1.54, 1.807) is 41.5 Å². The molecular weight excluding hydrogens is 512 g/mol. The van der Waals surface area contributed by atoms with Gasteiger partial charge in [0.05, 0.1) is 12.6 Å². The van der Waals surface area contributed by atoms with Gasteiger partial charge >= 0.3 is 12.2 Å². The third kappa shape index (κ3) is 9.21. The molecule has 2 aromatic rings. The van der Waals surface area contributed by atoms with Crippen LogP contribution in [-0.2, 0) is 18.7 Å². The van der Waals surface area contributed by atoms with Gasteiger partial charge in [0, 0.05) is 0 Å². The lowest BCUT2D eigenvalue weighted by molar-refractivity contribution is -0.110. The van der Waals surface area contributed by atoms with Crippen molar-refractivity contribution < 1.29 is 28.3 Å². The fourth-order valence-corrected chi connectivity index (χ4v) is 8.93. The van der Waals surface area contributed by atoms with Gasteiger partial charge in [-0.2, -0.15) is 0 Å². The highest BCUT2D eigenvalue weighted by Crippen LogP contribution is 2.36. The van der Waals surface area contributed by atoms with Crippen LogP contribution >= 0.6 is 0 Å². The Hall–Kier alpha value is -3.17. The van der Waals surface area contributed by atoms with Crippen molar-refractivity contribution in [3.8, 4) is 0 Å². The standard InChI is InChI=1S/C30H44N2O6Si/c1-28(2,3)37-26(34)31-24(20-33)25(32-27(35)38-29(4,5)6)21-36-39(30(7,8)9,22-16-12-10-13-17-22)23-18-14-11-15-19-23/h10-20,24-25H,21H2,1-9H3,(H,31,34)(H,32,35)/t24-,25+/m1/s1. The predicted octanol–water partition coefficient (Wildman–Crippen LogP) is 4.55. The van der Waals surface area contributed by atoms with Crippen LogP contribution in [0.5, 0.6) is 0 Å². The summed E-state index contributed by atoms with van der Waals surface area (Å²) < 4.78 is 17.8. The number of amides is 2. The smallest absolute Gasteiger partial charge is 0.408 e. The SMILES string of the molecule is CC(C)(C)OC(=O)N[C@@H](CO[Si](c1ccccc1)(c1ccccc1)C(C)(C)C)[C@@H](C=O)NC(=O)OC(C)(C)C. The highest BCUT2D eigenvalue weighted by atomic mass is 28.4. The van der Waals surface area contributed by atoms with E-state index in [0.29, 0.717) is 6.29 Å². The molecule has 0 aliphatic carbocycles. The second-order valence-corrected chi connectivity index (χ2v) is 16.8. The first kappa shape index (κ1) is 32.0. The predicted molar refractivity (Wildman–Crippen MR) is 156 cm³/mol. The minimum absolute atomic E-state index is 0.0638. The van der Waals surface area contributed by atoms with E-state index < -0.39 is 43.8 Å². The molecular formula is C30H44N2O6Si. The first-order chi connectivity index (χ1) is 18.0. The Morgan fingerprint density at radius 1 is 0.744 bits per heavy atom. The van der Waals surface area contributed by atoms with E-state index in [2.05, 4.69) is 55.7 Å². The summed E-state index contributed by atoms with van der Waals surface area (Å²) in [5.41, 5.74) is -1.53. The Kier molecular flexibility index (Phi) is 10.5. The molecule has 0 fully saturated rings. The number of aldehydes is 1. The average molecular weight is 557 g/mol. The average Bonchev–Trinajstić information content (AvgIpc) is 2.80. The first-order valence-corrected chi connectivity index (χ1v) is 15.1. The van der Waals surface area contributed by atoms with Crippen LogP contribution in [0.25, 0.3) is 0 Å². The quantitative estimate of drug-likeness (QED) is 0.347. The number of rotatable bonds is 9. The van der Waals surface area contributed by atoms with Gasteiger partial charge in [0.2, 0.25) is 0 Å². The normalized spacial score (nSPS) is 14.1. The number of nitrogens with one attached hydrogen (secondary N) is 2. The molecule has 0 unspecified atom stereocenters. The Labute approximate surface area is 233 Å². The first-order valence-electron chi connectivity index (χ1n) is 13.2. The molecule has 0 spiro atoms. The van der Waals surface area contributed by atoms with Gasteiger partial charge in [0.15, 0.2) is 0 Å². The van der Waals surface area contributed by atoms with Crippen LogP contribution in [0.3, 0.4) is 0 Å². The molecule has 2 atom stereocenters. The summed E-state index contributed by atoms with van der Waals surface area (Å²) >= 11 is 0. The minimum atomic E-state index is -3.00. The number of carbonyl (C=O) groups excluding carboxylic acids is 3. The van der Waals surface area contributed by atoms with Crippen molar-refractivity contribution in [2.75, 3.05) is 6.61 Å². The van der Waals surface area contributed by atoms with E-state index in [9.17, 15) is 14.4 Å². The summed E-state index contributed by atoms with van der Waals surface area (Å²) in [4.78, 5) is 37.7. The fourth-order valence-electron chi connectivity index (χ4n) is 4.34. The molecule has 0 heterocycles. The molecule has 2 amide bonds. The maximum Gasteiger partial charge on any atom is 0.408 e. The van der Waals surface area contributed by atoms with Crippen molar-refractivity contribution in [1.82, 2.24) is 10.6 Å². The summed E-state index contributed by atoms with van der Waals surface area (Å²) in [7, 11) is -3.00. The molecule has 0 saturated heterocycles. The molecule has 39 heavy (non-hydrogen) atoms. The number of benzene rings is 2. The van der Waals surface area contributed by atoms with Gasteiger partial charge in [0.1, 0.15) is 23.5 Å². The van der Waals surface area contributed by atoms with E-state index in [-0.39, 0.29) is 11.6 Å². The van der Waals surface area contributed by atoms with Crippen LogP contribution in [0, 0.1) is 0 Å². The van der Waals surface area contributed by atoms with Crippen LogP contribution in [0.15, 0.2) is 60.7 Å². The molecule has 8 nitrogen and oxygen atoms in total. The molecule has 2 rings (SSSR count). The van der Waals surface area contributed by atoms with Crippen molar-refractivity contribution in [1.29, 1.82) is 0 Å². The van der Waals surface area contributed by atoms with E-state index in [4.69, 9.17) is 13.9 Å². The third-order valence-corrected chi connectivity index (χ3v) is 10.9. The van der Waals surface area contributed by atoms with Crippen molar-refractivity contribution in [2.45, 2.75) is 90.6 Å². The summed E-state index contributed by atoms with van der Waals surface area (Å²) in [6.07, 6.45) is -0.932. The van der Waals surface area contributed by atoms with Gasteiger partial charge in [-0.3, -0.25) is 0 Å². The van der Waals surface area contributed by atoms with Gasteiger partial charge in [-0.1, -0.05) is 81.4 Å². The molecule has 9 heteroatoms. The number of hydrogen-bond acceptors (Lipinski definition) is 6. The number of hydrogen-bond donors (Lipinski definition) is 2. The third-order valence-electron chi connectivity index (χ3n) is 5.86. The van der Waals surface area contributed by atoms with Gasteiger partial charge in [-0.05, 0) is 57.0 Å². The summed E-state index contributed by atoms with van der Waals surface area (Å²) in [6, 6.07) is 18.0. The van der Waals surface area contributed by atoms with Crippen LogP contribution in [0.1, 0.15) is 62.3 Å². The molecule has 214 valence electrons. The van der Waals surface area contributed by atoms with Crippen molar-refractivity contribution in [3.05, 3.63) is 60.7 Å². The lowest BCUT2D eigenvalue weighted by Crippen LogP contribution is -2.68. The Bertz CT molecular complexity index is 1050. The Morgan fingerprint density at radius 2 is 1.15 bits per heavy atom. The van der Waals surface area contributed by atoms with E-state index in [1.165, 1.54) is 0 Å². The summed E-state index contributed by atoms with van der Waals surface area (Å²) in [6.45, 7) is 16.7. The van der Waals surface area contributed by atoms with Gasteiger partial charge in [0.25, 0.3) is 8.32 Å². The van der Waals surface area contributed by atoms with Crippen molar-refractivity contribution in [3.63, 3.8) is 0 Å². The Balaban J connectivity index is 2.53. The van der Waals surface area contributed by atoms with Gasteiger partial charge < -0.3 is 29.3 Å². The molecule has 0 radical (unpaired) electrons. The van der Waals surface area contributed by atoms with Crippen LogP contribution < -0.4 is 21.0 Å². The highest BCUT2D eigenvalue weighted by molar-refractivity contribution is 6.99. The largest absolute Gasteiger partial charge is 0.444 e. The molecule has 0 aliphatic rings. The maximum atomic E-state index is 12.8. The van der Waals surface area contributed by atoms with Gasteiger partial charge in [-0.25, -0.2) is 9.59 Å². The number of ether oxygens (including phenoxy) is 2. The molecule has 0 saturated carbocycles. The highest BCUT2D eigenvalue weighted by Gasteiger charge is 2.50. The zero-order valence-corrected chi connectivity index (χ0v) is 25.7. The van der Waals surface area contributed by atoms with Gasteiger partial charge in [-0.15, -0.1) is 0 Å². The molecule has 2 N–H and O–H groups in total. The zero-order valence-electron chi connectivity index (χ0n) is 24.7. The fraction of sp³-hybridized carbons (Fsp3) is 0.500. The second-order valence-electron chi connectivity index (χ2n) is 12.5. The van der Waals surface area contributed by atoms with Crippen molar-refractivity contribution >= 4 is 37.2 Å². The maximum absolute atomic E-state index is 12.8. The number of alkyl carbamates (subject to hydrolysis) is 2. The topological polar surface area (TPSA) is 103 Å². The Morgan fingerprint density at radius 3 is 1.51 bits per heavy atom. The van der Waals surface area contributed by atoms with E-state index in [0.717, 1.165) is 10.4 Å². The number of carbonyl (C=O) groups is 3. The van der Waals surface area contributed by atoms with Crippen LogP contribution in [0.4, 0.5) is 9.59 Å². The summed E-state index contributed by atoms with van der Waals surface area (Å²) in [5.74, 6) is 0. The molecule has 0 aliphatic heterocycles. The van der Waals surface area contributed by atoms with Crippen molar-refractivity contribution in [2.24, 2.45) is 0 Å². The lowest BCUT2D eigenvalue weighted by Gasteiger charge is -2.44. The second kappa shape index (κ2) is 12.8. The molecule has 2 aromatic carbocycles.